The molecule has 0 radical (unpaired) electrons. The molecular formula is C13H16Br2F2N2O. The van der Waals surface area contributed by atoms with Gasteiger partial charge in [-0.15, -0.1) is 0 Å². The van der Waals surface area contributed by atoms with Gasteiger partial charge in [-0.05, 0) is 23.8 Å². The molecular weight excluding hydrogens is 398 g/mol. The number of benzene rings is 1. The zero-order chi connectivity index (χ0) is 14.8. The lowest BCUT2D eigenvalue weighted by atomic mass is 9.98. The fraction of sp³-hybridized carbons (Fsp3) is 0.538. The van der Waals surface area contributed by atoms with Crippen LogP contribution in [-0.2, 0) is 0 Å². The van der Waals surface area contributed by atoms with E-state index in [1.165, 1.54) is 0 Å². The zero-order valence-electron chi connectivity index (χ0n) is 10.8. The Morgan fingerprint density at radius 2 is 1.95 bits per heavy atom. The van der Waals surface area contributed by atoms with Crippen molar-refractivity contribution in [2.45, 2.75) is 12.0 Å². The van der Waals surface area contributed by atoms with Crippen LogP contribution in [-0.4, -0.2) is 48.7 Å². The van der Waals surface area contributed by atoms with Crippen LogP contribution in [0, 0.1) is 0 Å². The number of hydrogen-bond donors (Lipinski definition) is 2. The number of nitrogens with one attached hydrogen (secondary N) is 1. The Labute approximate surface area is 133 Å². The van der Waals surface area contributed by atoms with Crippen molar-refractivity contribution < 1.29 is 13.9 Å². The lowest BCUT2D eigenvalue weighted by Crippen LogP contribution is -2.51. The normalized spacial score (nSPS) is 19.1. The summed E-state index contributed by atoms with van der Waals surface area (Å²) < 4.78 is 29.9. The number of piperazine rings is 1. The van der Waals surface area contributed by atoms with Crippen LogP contribution in [0.15, 0.2) is 27.1 Å². The first-order chi connectivity index (χ1) is 9.45. The molecule has 0 saturated carbocycles. The molecule has 0 bridgehead atoms. The molecule has 1 fully saturated rings. The zero-order valence-corrected chi connectivity index (χ0v) is 13.9. The third-order valence-corrected chi connectivity index (χ3v) is 4.60. The summed E-state index contributed by atoms with van der Waals surface area (Å²) in [6.07, 6.45) is 0. The van der Waals surface area contributed by atoms with Gasteiger partial charge in [-0.2, -0.15) is 0 Å². The Bertz CT molecular complexity index is 468. The average molecular weight is 414 g/mol. The number of halogens is 4. The van der Waals surface area contributed by atoms with E-state index in [2.05, 4.69) is 37.2 Å². The highest BCUT2D eigenvalue weighted by Gasteiger charge is 2.44. The van der Waals surface area contributed by atoms with E-state index in [-0.39, 0.29) is 0 Å². The van der Waals surface area contributed by atoms with Crippen molar-refractivity contribution in [3.05, 3.63) is 32.7 Å². The van der Waals surface area contributed by atoms with Crippen molar-refractivity contribution in [3.63, 3.8) is 0 Å². The van der Waals surface area contributed by atoms with E-state index >= 15 is 0 Å². The number of hydrogen-bond acceptors (Lipinski definition) is 3. The molecule has 1 aromatic carbocycles. The van der Waals surface area contributed by atoms with Crippen LogP contribution in [0.4, 0.5) is 8.78 Å². The van der Waals surface area contributed by atoms with Crippen LogP contribution >= 0.6 is 31.9 Å². The van der Waals surface area contributed by atoms with Crippen molar-refractivity contribution in [1.29, 1.82) is 0 Å². The molecule has 1 saturated heterocycles. The molecule has 0 aromatic heterocycles. The van der Waals surface area contributed by atoms with E-state index in [9.17, 15) is 8.78 Å². The van der Waals surface area contributed by atoms with Gasteiger partial charge in [-0.3, -0.25) is 4.90 Å². The highest BCUT2D eigenvalue weighted by Crippen LogP contribution is 2.40. The van der Waals surface area contributed by atoms with E-state index in [1.807, 2.05) is 0 Å². The van der Waals surface area contributed by atoms with Gasteiger partial charge in [0.05, 0.1) is 0 Å². The molecule has 2 rings (SSSR count). The standard InChI is InChI=1S/C13H16Br2F2N2O/c14-9-1-2-11(15)10(7-9)12(13(16,17)8-20)19-5-3-18-4-6-19/h1-2,7,12,18,20H,3-6,8H2/t12-/m1/s1. The maximum atomic E-state index is 14.3. The van der Waals surface area contributed by atoms with Gasteiger partial charge in [0.15, 0.2) is 0 Å². The van der Waals surface area contributed by atoms with Crippen molar-refractivity contribution in [2.24, 2.45) is 0 Å². The maximum Gasteiger partial charge on any atom is 0.289 e. The van der Waals surface area contributed by atoms with E-state index in [0.717, 1.165) is 4.47 Å². The molecule has 1 aliphatic rings. The SMILES string of the molecule is OCC(F)(F)[C@@H](c1cc(Br)ccc1Br)N1CCNCC1. The van der Waals surface area contributed by atoms with Crippen molar-refractivity contribution in [3.8, 4) is 0 Å². The number of nitrogens with zero attached hydrogens (tertiary/aromatic N) is 1. The summed E-state index contributed by atoms with van der Waals surface area (Å²) >= 11 is 6.66. The molecule has 0 amide bonds. The molecule has 1 atom stereocenters. The van der Waals surface area contributed by atoms with Gasteiger partial charge >= 0.3 is 0 Å². The molecule has 3 nitrogen and oxygen atoms in total. The van der Waals surface area contributed by atoms with Crippen molar-refractivity contribution in [1.82, 2.24) is 10.2 Å². The highest BCUT2D eigenvalue weighted by atomic mass is 79.9. The maximum absolute atomic E-state index is 14.3. The van der Waals surface area contributed by atoms with E-state index in [0.29, 0.717) is 36.2 Å². The number of alkyl halides is 2. The first-order valence-electron chi connectivity index (χ1n) is 6.34. The molecule has 20 heavy (non-hydrogen) atoms. The first kappa shape index (κ1) is 16.3. The quantitative estimate of drug-likeness (QED) is 0.796. The fourth-order valence-corrected chi connectivity index (χ4v) is 3.28. The summed E-state index contributed by atoms with van der Waals surface area (Å²) in [5.74, 6) is -3.19. The van der Waals surface area contributed by atoms with Crippen LogP contribution in [0.5, 0.6) is 0 Å². The van der Waals surface area contributed by atoms with Gasteiger partial charge in [0, 0.05) is 35.1 Å². The summed E-state index contributed by atoms with van der Waals surface area (Å²) in [7, 11) is 0. The Kier molecular flexibility index (Phi) is 5.53. The fourth-order valence-electron chi connectivity index (χ4n) is 2.44. The summed E-state index contributed by atoms with van der Waals surface area (Å²) in [5.41, 5.74) is 0.486. The second-order valence-electron chi connectivity index (χ2n) is 4.77. The average Bonchev–Trinajstić information content (AvgIpc) is 2.44. The third kappa shape index (κ3) is 3.57. The first-order valence-corrected chi connectivity index (χ1v) is 7.92. The summed E-state index contributed by atoms with van der Waals surface area (Å²) in [5, 5.41) is 12.2. The van der Waals surface area contributed by atoms with Crippen molar-refractivity contribution >= 4 is 31.9 Å². The van der Waals surface area contributed by atoms with E-state index < -0.39 is 18.6 Å². The number of rotatable bonds is 4. The minimum absolute atomic E-state index is 0.486. The monoisotopic (exact) mass is 412 g/mol. The predicted octanol–water partition coefficient (Wildman–Crippen LogP) is 2.79. The third-order valence-electron chi connectivity index (χ3n) is 3.38. The van der Waals surface area contributed by atoms with Crippen LogP contribution in [0.1, 0.15) is 11.6 Å². The van der Waals surface area contributed by atoms with Gasteiger partial charge in [0.1, 0.15) is 12.6 Å². The minimum Gasteiger partial charge on any atom is -0.390 e. The van der Waals surface area contributed by atoms with Crippen LogP contribution < -0.4 is 5.32 Å². The lowest BCUT2D eigenvalue weighted by molar-refractivity contribution is -0.118. The van der Waals surface area contributed by atoms with E-state index in [4.69, 9.17) is 5.11 Å². The molecule has 0 unspecified atom stereocenters. The van der Waals surface area contributed by atoms with Crippen LogP contribution in [0.3, 0.4) is 0 Å². The van der Waals surface area contributed by atoms with E-state index in [1.54, 1.807) is 23.1 Å². The molecule has 1 aliphatic heterocycles. The minimum atomic E-state index is -3.19. The molecule has 112 valence electrons. The topological polar surface area (TPSA) is 35.5 Å². The predicted molar refractivity (Wildman–Crippen MR) is 81.1 cm³/mol. The molecule has 1 aromatic rings. The lowest BCUT2D eigenvalue weighted by Gasteiger charge is -2.39. The molecule has 2 N–H and O–H groups in total. The smallest absolute Gasteiger partial charge is 0.289 e. The molecule has 1 heterocycles. The molecule has 0 spiro atoms. The Morgan fingerprint density at radius 1 is 1.30 bits per heavy atom. The Hall–Kier alpha value is -0.0800. The van der Waals surface area contributed by atoms with Gasteiger partial charge in [-0.25, -0.2) is 8.78 Å². The van der Waals surface area contributed by atoms with Crippen LogP contribution in [0.2, 0.25) is 0 Å². The summed E-state index contributed by atoms with van der Waals surface area (Å²) in [6.45, 7) is 1.23. The van der Waals surface area contributed by atoms with Crippen LogP contribution in [0.25, 0.3) is 0 Å². The summed E-state index contributed by atoms with van der Waals surface area (Å²) in [4.78, 5) is 1.72. The Morgan fingerprint density at radius 3 is 2.55 bits per heavy atom. The van der Waals surface area contributed by atoms with Gasteiger partial charge in [0.25, 0.3) is 5.92 Å². The highest BCUT2D eigenvalue weighted by molar-refractivity contribution is 9.11. The number of aliphatic hydroxyl groups is 1. The second kappa shape index (κ2) is 6.79. The Balaban J connectivity index is 2.42. The van der Waals surface area contributed by atoms with Gasteiger partial charge in [-0.1, -0.05) is 31.9 Å². The largest absolute Gasteiger partial charge is 0.390 e. The second-order valence-corrected chi connectivity index (χ2v) is 6.54. The van der Waals surface area contributed by atoms with Gasteiger partial charge in [0.2, 0.25) is 0 Å². The number of aliphatic hydroxyl groups excluding tert-OH is 1. The molecule has 0 aliphatic carbocycles. The van der Waals surface area contributed by atoms with Gasteiger partial charge < -0.3 is 10.4 Å². The summed E-state index contributed by atoms with van der Waals surface area (Å²) in [6, 6.07) is 4.07. The van der Waals surface area contributed by atoms with Crippen molar-refractivity contribution in [2.75, 3.05) is 32.8 Å². The molecule has 7 heteroatoms.